The van der Waals surface area contributed by atoms with Crippen molar-refractivity contribution in [1.82, 2.24) is 5.32 Å². The van der Waals surface area contributed by atoms with Crippen molar-refractivity contribution < 1.29 is 4.79 Å². The minimum atomic E-state index is -0.0910. The monoisotopic (exact) mass is 246 g/mol. The molecule has 1 atom stereocenters. The third-order valence-corrected chi connectivity index (χ3v) is 3.67. The number of rotatable bonds is 5. The summed E-state index contributed by atoms with van der Waals surface area (Å²) >= 11 is 0. The van der Waals surface area contributed by atoms with Crippen molar-refractivity contribution in [2.45, 2.75) is 44.6 Å². The second-order valence-corrected chi connectivity index (χ2v) is 5.40. The van der Waals surface area contributed by atoms with Crippen LogP contribution in [0, 0.1) is 0 Å². The van der Waals surface area contributed by atoms with Gasteiger partial charge < -0.3 is 11.1 Å². The standard InChI is InChI=1S/C15H22N2O/c1-3-17-14(18)11(2)13-6-4-12(5-7-13)10-15(16)8-9-15/h4-7,11H,3,8-10,16H2,1-2H3,(H,17,18). The van der Waals surface area contributed by atoms with Gasteiger partial charge in [-0.25, -0.2) is 0 Å². The first-order valence-electron chi connectivity index (χ1n) is 6.69. The Morgan fingerprint density at radius 1 is 1.39 bits per heavy atom. The summed E-state index contributed by atoms with van der Waals surface area (Å²) in [6.07, 6.45) is 3.21. The number of hydrogen-bond donors (Lipinski definition) is 2. The maximum absolute atomic E-state index is 11.7. The number of hydrogen-bond acceptors (Lipinski definition) is 2. The van der Waals surface area contributed by atoms with Crippen molar-refractivity contribution >= 4 is 5.91 Å². The van der Waals surface area contributed by atoms with Crippen molar-refractivity contribution in [3.63, 3.8) is 0 Å². The quantitative estimate of drug-likeness (QED) is 0.834. The van der Waals surface area contributed by atoms with Crippen molar-refractivity contribution in [2.24, 2.45) is 5.73 Å². The van der Waals surface area contributed by atoms with Gasteiger partial charge in [0.2, 0.25) is 5.91 Å². The van der Waals surface area contributed by atoms with Crippen molar-refractivity contribution in [3.05, 3.63) is 35.4 Å². The van der Waals surface area contributed by atoms with E-state index in [1.807, 2.05) is 26.0 Å². The van der Waals surface area contributed by atoms with Crippen molar-refractivity contribution in [2.75, 3.05) is 6.54 Å². The summed E-state index contributed by atoms with van der Waals surface area (Å²) in [4.78, 5) is 11.7. The first kappa shape index (κ1) is 13.1. The molecule has 0 aliphatic heterocycles. The number of likely N-dealkylation sites (N-methyl/N-ethyl adjacent to an activating group) is 1. The maximum Gasteiger partial charge on any atom is 0.227 e. The largest absolute Gasteiger partial charge is 0.356 e. The van der Waals surface area contributed by atoms with Gasteiger partial charge in [-0.1, -0.05) is 24.3 Å². The van der Waals surface area contributed by atoms with Gasteiger partial charge >= 0.3 is 0 Å². The van der Waals surface area contributed by atoms with Crippen LogP contribution in [0.4, 0.5) is 0 Å². The molecular formula is C15H22N2O. The van der Waals surface area contributed by atoms with Crippen LogP contribution in [0.25, 0.3) is 0 Å². The summed E-state index contributed by atoms with van der Waals surface area (Å²) in [6, 6.07) is 8.28. The first-order chi connectivity index (χ1) is 8.54. The minimum absolute atomic E-state index is 0.0483. The zero-order chi connectivity index (χ0) is 13.2. The smallest absolute Gasteiger partial charge is 0.227 e. The molecule has 0 aromatic heterocycles. The molecule has 3 nitrogen and oxygen atoms in total. The lowest BCUT2D eigenvalue weighted by molar-refractivity contribution is -0.122. The van der Waals surface area contributed by atoms with E-state index in [9.17, 15) is 4.79 Å². The van der Waals surface area contributed by atoms with Gasteiger partial charge in [0.1, 0.15) is 0 Å². The lowest BCUT2D eigenvalue weighted by Gasteiger charge is -2.13. The van der Waals surface area contributed by atoms with E-state index in [1.165, 1.54) is 5.56 Å². The molecule has 1 aliphatic rings. The highest BCUT2D eigenvalue weighted by molar-refractivity contribution is 5.83. The normalized spacial score (nSPS) is 18.2. The summed E-state index contributed by atoms with van der Waals surface area (Å²) in [5.41, 5.74) is 8.48. The zero-order valence-electron chi connectivity index (χ0n) is 11.2. The molecule has 0 radical (unpaired) electrons. The molecule has 0 saturated heterocycles. The van der Waals surface area contributed by atoms with Crippen LogP contribution in [0.5, 0.6) is 0 Å². The van der Waals surface area contributed by atoms with Crippen LogP contribution < -0.4 is 11.1 Å². The number of nitrogens with two attached hydrogens (primary N) is 1. The van der Waals surface area contributed by atoms with E-state index in [0.29, 0.717) is 6.54 Å². The second-order valence-electron chi connectivity index (χ2n) is 5.40. The number of carbonyl (C=O) groups is 1. The van der Waals surface area contributed by atoms with Crippen LogP contribution >= 0.6 is 0 Å². The Morgan fingerprint density at radius 2 is 2.00 bits per heavy atom. The van der Waals surface area contributed by atoms with E-state index in [2.05, 4.69) is 17.4 Å². The molecule has 0 spiro atoms. The molecular weight excluding hydrogens is 224 g/mol. The molecule has 18 heavy (non-hydrogen) atoms. The molecule has 0 heterocycles. The Hall–Kier alpha value is -1.35. The lowest BCUT2D eigenvalue weighted by atomic mass is 9.97. The Labute approximate surface area is 109 Å². The third-order valence-electron chi connectivity index (χ3n) is 3.67. The van der Waals surface area contributed by atoms with E-state index in [0.717, 1.165) is 24.8 Å². The fourth-order valence-corrected chi connectivity index (χ4v) is 2.15. The molecule has 1 amide bonds. The maximum atomic E-state index is 11.7. The highest BCUT2D eigenvalue weighted by atomic mass is 16.1. The summed E-state index contributed by atoms with van der Waals surface area (Å²) in [7, 11) is 0. The Balaban J connectivity index is 2.00. The number of nitrogens with one attached hydrogen (secondary N) is 1. The minimum Gasteiger partial charge on any atom is -0.356 e. The average molecular weight is 246 g/mol. The number of benzene rings is 1. The summed E-state index contributed by atoms with van der Waals surface area (Å²) in [5, 5.41) is 2.85. The van der Waals surface area contributed by atoms with Gasteiger partial charge in [0, 0.05) is 12.1 Å². The first-order valence-corrected chi connectivity index (χ1v) is 6.69. The Kier molecular flexibility index (Phi) is 3.71. The number of amides is 1. The molecule has 98 valence electrons. The fourth-order valence-electron chi connectivity index (χ4n) is 2.15. The van der Waals surface area contributed by atoms with Gasteiger partial charge in [-0.2, -0.15) is 0 Å². The van der Waals surface area contributed by atoms with E-state index in [-0.39, 0.29) is 17.4 Å². The van der Waals surface area contributed by atoms with Gasteiger partial charge in [0.25, 0.3) is 0 Å². The van der Waals surface area contributed by atoms with Crippen LogP contribution in [0.1, 0.15) is 43.7 Å². The predicted molar refractivity (Wildman–Crippen MR) is 73.4 cm³/mol. The highest BCUT2D eigenvalue weighted by Gasteiger charge is 2.37. The van der Waals surface area contributed by atoms with E-state index >= 15 is 0 Å². The van der Waals surface area contributed by atoms with Crippen molar-refractivity contribution in [1.29, 1.82) is 0 Å². The summed E-state index contributed by atoms with van der Waals surface area (Å²) < 4.78 is 0. The van der Waals surface area contributed by atoms with Crippen LogP contribution in [0.2, 0.25) is 0 Å². The van der Waals surface area contributed by atoms with E-state index < -0.39 is 0 Å². The van der Waals surface area contributed by atoms with E-state index in [1.54, 1.807) is 0 Å². The number of carbonyl (C=O) groups excluding carboxylic acids is 1. The van der Waals surface area contributed by atoms with Crippen molar-refractivity contribution in [3.8, 4) is 0 Å². The molecule has 1 saturated carbocycles. The molecule has 1 unspecified atom stereocenters. The third kappa shape index (κ3) is 3.10. The van der Waals surface area contributed by atoms with Crippen LogP contribution in [-0.2, 0) is 11.2 Å². The van der Waals surface area contributed by atoms with Gasteiger partial charge in [-0.05, 0) is 44.2 Å². The molecule has 0 bridgehead atoms. The van der Waals surface area contributed by atoms with Crippen LogP contribution in [0.15, 0.2) is 24.3 Å². The van der Waals surface area contributed by atoms with E-state index in [4.69, 9.17) is 5.73 Å². The molecule has 1 fully saturated rings. The van der Waals surface area contributed by atoms with Gasteiger partial charge in [0.15, 0.2) is 0 Å². The van der Waals surface area contributed by atoms with Gasteiger partial charge in [-0.3, -0.25) is 4.79 Å². The van der Waals surface area contributed by atoms with Gasteiger partial charge in [-0.15, -0.1) is 0 Å². The SMILES string of the molecule is CCNC(=O)C(C)c1ccc(CC2(N)CC2)cc1. The molecule has 1 aliphatic carbocycles. The molecule has 1 aromatic rings. The predicted octanol–water partition coefficient (Wildman–Crippen LogP) is 1.96. The molecule has 2 rings (SSSR count). The zero-order valence-corrected chi connectivity index (χ0v) is 11.2. The fraction of sp³-hybridized carbons (Fsp3) is 0.533. The van der Waals surface area contributed by atoms with Crippen LogP contribution in [-0.4, -0.2) is 18.0 Å². The molecule has 1 aromatic carbocycles. The van der Waals surface area contributed by atoms with Gasteiger partial charge in [0.05, 0.1) is 5.92 Å². The topological polar surface area (TPSA) is 55.1 Å². The second kappa shape index (κ2) is 5.11. The average Bonchev–Trinajstić information content (AvgIpc) is 3.07. The van der Waals surface area contributed by atoms with Crippen LogP contribution in [0.3, 0.4) is 0 Å². The summed E-state index contributed by atoms with van der Waals surface area (Å²) in [5.74, 6) is -0.00509. The summed E-state index contributed by atoms with van der Waals surface area (Å²) in [6.45, 7) is 4.55. The highest BCUT2D eigenvalue weighted by Crippen LogP contribution is 2.35. The Bertz CT molecular complexity index is 421. The molecule has 3 N–H and O–H groups in total. The lowest BCUT2D eigenvalue weighted by Crippen LogP contribution is -2.27. The molecule has 3 heteroatoms. The Morgan fingerprint density at radius 3 is 2.50 bits per heavy atom.